The topological polar surface area (TPSA) is 26.7 Å². The van der Waals surface area contributed by atoms with Gasteiger partial charge in [0.25, 0.3) is 0 Å². The zero-order chi connectivity index (χ0) is 17.5. The van der Waals surface area contributed by atoms with Gasteiger partial charge in [0, 0.05) is 42.5 Å². The van der Waals surface area contributed by atoms with E-state index in [4.69, 9.17) is 11.6 Å². The highest BCUT2D eigenvalue weighted by atomic mass is 35.5. The second-order valence-corrected chi connectivity index (χ2v) is 5.79. The molecule has 3 nitrogen and oxygen atoms in total. The Balaban J connectivity index is 0.00000100. The minimum Gasteiger partial charge on any atom is -0.392 e. The molecule has 0 saturated carbocycles. The van der Waals surface area contributed by atoms with E-state index in [0.29, 0.717) is 10.7 Å². The average molecular weight is 351 g/mol. The number of benzene rings is 2. The quantitative estimate of drug-likeness (QED) is 0.892. The summed E-state index contributed by atoms with van der Waals surface area (Å²) in [4.78, 5) is 4.26. The normalized spacial score (nSPS) is 14.2. The van der Waals surface area contributed by atoms with Gasteiger partial charge in [0.1, 0.15) is 5.82 Å². The fraction of sp³-hybridized carbons (Fsp3) is 0.368. The van der Waals surface area contributed by atoms with Crippen LogP contribution in [0.25, 0.3) is 0 Å². The highest BCUT2D eigenvalue weighted by Gasteiger charge is 2.21. The fourth-order valence-electron chi connectivity index (χ4n) is 2.88. The summed E-state index contributed by atoms with van der Waals surface area (Å²) in [5.41, 5.74) is 2.58. The summed E-state index contributed by atoms with van der Waals surface area (Å²) >= 11 is 5.80. The van der Waals surface area contributed by atoms with E-state index in [1.54, 1.807) is 12.1 Å². The van der Waals surface area contributed by atoms with Crippen molar-refractivity contribution in [2.75, 3.05) is 36.0 Å². The first-order valence-corrected chi connectivity index (χ1v) is 8.70. The van der Waals surface area contributed by atoms with Crippen LogP contribution < -0.4 is 9.80 Å². The molecule has 1 heterocycles. The highest BCUT2D eigenvalue weighted by molar-refractivity contribution is 6.30. The summed E-state index contributed by atoms with van der Waals surface area (Å²) in [5, 5.41) is 9.86. The number of aliphatic hydroxyl groups is 1. The second-order valence-electron chi connectivity index (χ2n) is 5.36. The van der Waals surface area contributed by atoms with Crippen molar-refractivity contribution in [3.63, 3.8) is 0 Å². The fourth-order valence-corrected chi connectivity index (χ4v) is 3.04. The zero-order valence-electron chi connectivity index (χ0n) is 14.2. The van der Waals surface area contributed by atoms with Crippen LogP contribution in [-0.4, -0.2) is 31.3 Å². The van der Waals surface area contributed by atoms with Gasteiger partial charge in [0.15, 0.2) is 0 Å². The molecular formula is C19H24ClFN2O. The van der Waals surface area contributed by atoms with E-state index in [-0.39, 0.29) is 12.4 Å². The first-order chi connectivity index (χ1) is 11.7. The Morgan fingerprint density at radius 3 is 2.12 bits per heavy atom. The van der Waals surface area contributed by atoms with Crippen molar-refractivity contribution in [3.8, 4) is 0 Å². The lowest BCUT2D eigenvalue weighted by Gasteiger charge is -2.38. The number of aliphatic hydroxyl groups excluding tert-OH is 1. The molecule has 0 radical (unpaired) electrons. The molecule has 24 heavy (non-hydrogen) atoms. The van der Waals surface area contributed by atoms with E-state index in [9.17, 15) is 9.50 Å². The summed E-state index contributed by atoms with van der Waals surface area (Å²) in [5.74, 6) is -0.281. The van der Waals surface area contributed by atoms with Gasteiger partial charge in [-0.1, -0.05) is 43.6 Å². The lowest BCUT2D eigenvalue weighted by molar-refractivity contribution is 0.282. The third kappa shape index (κ3) is 4.19. The van der Waals surface area contributed by atoms with E-state index in [0.717, 1.165) is 37.4 Å². The van der Waals surface area contributed by atoms with Crippen molar-refractivity contribution in [1.82, 2.24) is 0 Å². The summed E-state index contributed by atoms with van der Waals surface area (Å²) in [6.07, 6.45) is 0. The van der Waals surface area contributed by atoms with Crippen molar-refractivity contribution >= 4 is 23.0 Å². The van der Waals surface area contributed by atoms with Gasteiger partial charge in [-0.15, -0.1) is 0 Å². The Labute approximate surface area is 148 Å². The minimum atomic E-state index is -0.281. The average Bonchev–Trinajstić information content (AvgIpc) is 2.64. The molecule has 0 aliphatic carbocycles. The zero-order valence-corrected chi connectivity index (χ0v) is 14.9. The molecule has 0 atom stereocenters. The predicted molar refractivity (Wildman–Crippen MR) is 99.5 cm³/mol. The molecule has 1 N–H and O–H groups in total. The Kier molecular flexibility index (Phi) is 6.88. The van der Waals surface area contributed by atoms with Gasteiger partial charge < -0.3 is 14.9 Å². The molecule has 0 amide bonds. The third-order valence-corrected chi connectivity index (χ3v) is 4.27. The monoisotopic (exact) mass is 350 g/mol. The molecule has 1 fully saturated rings. The number of rotatable bonds is 3. The molecule has 1 saturated heterocycles. The Morgan fingerprint density at radius 2 is 1.54 bits per heavy atom. The first-order valence-electron chi connectivity index (χ1n) is 8.33. The maximum Gasteiger partial charge on any atom is 0.147 e. The van der Waals surface area contributed by atoms with Crippen molar-refractivity contribution in [2.24, 2.45) is 0 Å². The predicted octanol–water partition coefficient (Wildman–Crippen LogP) is 4.32. The smallest absolute Gasteiger partial charge is 0.147 e. The molecule has 130 valence electrons. The van der Waals surface area contributed by atoms with Gasteiger partial charge in [-0.25, -0.2) is 4.39 Å². The number of hydrogen-bond donors (Lipinski definition) is 1. The molecule has 0 aromatic heterocycles. The number of para-hydroxylation sites is 1. The maximum absolute atomic E-state index is 14.0. The van der Waals surface area contributed by atoms with Crippen LogP contribution in [0, 0.1) is 5.82 Å². The molecule has 0 unspecified atom stereocenters. The molecule has 3 rings (SSSR count). The van der Waals surface area contributed by atoms with Crippen LogP contribution in [0.15, 0.2) is 42.5 Å². The standard InChI is InChI=1S/C17H18ClFN2O.C2H6/c18-14-5-6-17(15(19)11-14)21-9-7-20(8-10-21)16-4-2-1-3-13(16)12-22;1-2/h1-6,11,22H,7-10,12H2;1-2H3. The molecule has 0 spiro atoms. The summed E-state index contributed by atoms with van der Waals surface area (Å²) in [7, 11) is 0. The minimum absolute atomic E-state index is 0.0300. The number of anilines is 2. The van der Waals surface area contributed by atoms with Crippen molar-refractivity contribution in [2.45, 2.75) is 20.5 Å². The van der Waals surface area contributed by atoms with Crippen LogP contribution in [0.1, 0.15) is 19.4 Å². The maximum atomic E-state index is 14.0. The van der Waals surface area contributed by atoms with Gasteiger partial charge in [0.05, 0.1) is 12.3 Å². The van der Waals surface area contributed by atoms with Gasteiger partial charge in [-0.3, -0.25) is 0 Å². The van der Waals surface area contributed by atoms with Crippen LogP contribution in [0.2, 0.25) is 5.02 Å². The first kappa shape index (κ1) is 18.6. The highest BCUT2D eigenvalue weighted by Crippen LogP contribution is 2.26. The van der Waals surface area contributed by atoms with Gasteiger partial charge in [0.2, 0.25) is 0 Å². The molecule has 2 aromatic rings. The van der Waals surface area contributed by atoms with E-state index in [1.165, 1.54) is 6.07 Å². The molecule has 1 aliphatic rings. The van der Waals surface area contributed by atoms with Crippen molar-refractivity contribution < 1.29 is 9.50 Å². The number of nitrogens with zero attached hydrogens (tertiary/aromatic N) is 2. The molecular weight excluding hydrogens is 327 g/mol. The van der Waals surface area contributed by atoms with Gasteiger partial charge in [-0.2, -0.15) is 0 Å². The Hall–Kier alpha value is -1.78. The van der Waals surface area contributed by atoms with E-state index in [2.05, 4.69) is 4.90 Å². The molecule has 2 aromatic carbocycles. The van der Waals surface area contributed by atoms with Gasteiger partial charge in [-0.05, 0) is 24.3 Å². The van der Waals surface area contributed by atoms with Crippen LogP contribution in [0.5, 0.6) is 0 Å². The number of piperazine rings is 1. The SMILES string of the molecule is CC.OCc1ccccc1N1CCN(c2ccc(Cl)cc2F)CC1. The summed E-state index contributed by atoms with van der Waals surface area (Å²) < 4.78 is 14.0. The van der Waals surface area contributed by atoms with Crippen LogP contribution in [0.3, 0.4) is 0 Å². The lowest BCUT2D eigenvalue weighted by atomic mass is 10.1. The van der Waals surface area contributed by atoms with Crippen LogP contribution >= 0.6 is 11.6 Å². The lowest BCUT2D eigenvalue weighted by Crippen LogP contribution is -2.47. The van der Waals surface area contributed by atoms with Crippen LogP contribution in [-0.2, 0) is 6.61 Å². The summed E-state index contributed by atoms with van der Waals surface area (Å²) in [6.45, 7) is 7.08. The van der Waals surface area contributed by atoms with E-state index >= 15 is 0 Å². The Bertz CT molecular complexity index is 658. The van der Waals surface area contributed by atoms with Crippen molar-refractivity contribution in [1.29, 1.82) is 0 Å². The van der Waals surface area contributed by atoms with Crippen molar-refractivity contribution in [3.05, 3.63) is 58.9 Å². The number of halogens is 2. The van der Waals surface area contributed by atoms with Crippen LogP contribution in [0.4, 0.5) is 15.8 Å². The Morgan fingerprint density at radius 1 is 0.958 bits per heavy atom. The van der Waals surface area contributed by atoms with E-state index in [1.807, 2.05) is 43.0 Å². The summed E-state index contributed by atoms with van der Waals surface area (Å²) in [6, 6.07) is 12.6. The van der Waals surface area contributed by atoms with E-state index < -0.39 is 0 Å². The molecule has 1 aliphatic heterocycles. The largest absolute Gasteiger partial charge is 0.392 e. The molecule has 5 heteroatoms. The number of hydrogen-bond acceptors (Lipinski definition) is 3. The third-order valence-electron chi connectivity index (χ3n) is 4.03. The van der Waals surface area contributed by atoms with Gasteiger partial charge >= 0.3 is 0 Å². The molecule has 0 bridgehead atoms. The second kappa shape index (κ2) is 8.90.